The monoisotopic (exact) mass is 362 g/mol. The first-order valence-electron chi connectivity index (χ1n) is 8.41. The lowest BCUT2D eigenvalue weighted by Gasteiger charge is -2.27. The fourth-order valence-electron chi connectivity index (χ4n) is 3.07. The van der Waals surface area contributed by atoms with Crippen molar-refractivity contribution in [3.63, 3.8) is 0 Å². The predicted molar refractivity (Wildman–Crippen MR) is 98.6 cm³/mol. The van der Waals surface area contributed by atoms with Crippen LogP contribution >= 0.6 is 11.8 Å². The molecule has 0 aromatic heterocycles. The van der Waals surface area contributed by atoms with E-state index >= 15 is 0 Å². The summed E-state index contributed by atoms with van der Waals surface area (Å²) in [5.41, 5.74) is 0.342. The molecule has 0 bridgehead atoms. The Hall–Kier alpha value is -0.470. The van der Waals surface area contributed by atoms with Gasteiger partial charge in [0.05, 0.1) is 5.75 Å². The summed E-state index contributed by atoms with van der Waals surface area (Å²) in [4.78, 5) is 6.57. The second kappa shape index (κ2) is 8.07. The van der Waals surface area contributed by atoms with Gasteiger partial charge in [0.1, 0.15) is 0 Å². The fraction of sp³-hybridized carbons (Fsp3) is 0.933. The molecule has 2 fully saturated rings. The van der Waals surface area contributed by atoms with Crippen LogP contribution in [0.25, 0.3) is 0 Å². The minimum absolute atomic E-state index is 0.134. The van der Waals surface area contributed by atoms with E-state index in [0.29, 0.717) is 25.0 Å². The first kappa shape index (κ1) is 18.9. The van der Waals surface area contributed by atoms with Crippen LogP contribution < -0.4 is 5.32 Å². The predicted octanol–water partition coefficient (Wildman–Crippen LogP) is 1.06. The van der Waals surface area contributed by atoms with Gasteiger partial charge in [-0.25, -0.2) is 12.7 Å². The second-order valence-corrected chi connectivity index (χ2v) is 9.95. The molecule has 6 nitrogen and oxygen atoms in total. The summed E-state index contributed by atoms with van der Waals surface area (Å²) in [5, 5.41) is 3.23. The molecule has 2 saturated heterocycles. The van der Waals surface area contributed by atoms with Gasteiger partial charge in [-0.2, -0.15) is 11.8 Å². The van der Waals surface area contributed by atoms with E-state index in [9.17, 15) is 8.42 Å². The molecule has 1 atom stereocenters. The van der Waals surface area contributed by atoms with E-state index < -0.39 is 10.0 Å². The average Bonchev–Trinajstić information content (AvgIpc) is 2.95. The Balaban J connectivity index is 1.82. The van der Waals surface area contributed by atoms with Crippen molar-refractivity contribution < 1.29 is 8.42 Å². The van der Waals surface area contributed by atoms with Gasteiger partial charge in [-0.1, -0.05) is 13.8 Å². The van der Waals surface area contributed by atoms with E-state index in [1.165, 1.54) is 0 Å². The quantitative estimate of drug-likeness (QED) is 0.585. The van der Waals surface area contributed by atoms with E-state index in [1.807, 2.05) is 11.8 Å². The molecule has 0 spiro atoms. The van der Waals surface area contributed by atoms with E-state index in [-0.39, 0.29) is 5.75 Å². The summed E-state index contributed by atoms with van der Waals surface area (Å²) < 4.78 is 26.3. The number of thioether (sulfide) groups is 1. The first-order valence-corrected chi connectivity index (χ1v) is 11.2. The van der Waals surface area contributed by atoms with Crippen LogP contribution in [0.3, 0.4) is 0 Å². The van der Waals surface area contributed by atoms with Gasteiger partial charge in [-0.15, -0.1) is 0 Å². The molecule has 1 N–H and O–H groups in total. The number of guanidine groups is 1. The zero-order valence-electron chi connectivity index (χ0n) is 14.5. The van der Waals surface area contributed by atoms with Gasteiger partial charge >= 0.3 is 0 Å². The summed E-state index contributed by atoms with van der Waals surface area (Å²) in [6, 6.07) is 0. The fourth-order valence-corrected chi connectivity index (χ4v) is 5.56. The van der Waals surface area contributed by atoms with E-state index in [2.05, 4.69) is 29.1 Å². The van der Waals surface area contributed by atoms with Crippen molar-refractivity contribution in [1.82, 2.24) is 14.5 Å². The Kier molecular flexibility index (Phi) is 6.62. The minimum atomic E-state index is -3.15. The van der Waals surface area contributed by atoms with Gasteiger partial charge in [-0.3, -0.25) is 4.99 Å². The van der Waals surface area contributed by atoms with Crippen LogP contribution in [0.1, 0.15) is 26.7 Å². The molecular weight excluding hydrogens is 332 g/mol. The van der Waals surface area contributed by atoms with Crippen LogP contribution in [0.5, 0.6) is 0 Å². The molecule has 2 rings (SSSR count). The molecule has 134 valence electrons. The average molecular weight is 363 g/mol. The topological polar surface area (TPSA) is 65.0 Å². The van der Waals surface area contributed by atoms with Crippen molar-refractivity contribution in [3.8, 4) is 0 Å². The van der Waals surface area contributed by atoms with Crippen molar-refractivity contribution in [2.75, 3.05) is 57.0 Å². The van der Waals surface area contributed by atoms with E-state index in [0.717, 1.165) is 43.4 Å². The zero-order chi connectivity index (χ0) is 16.9. The molecule has 0 radical (unpaired) electrons. The first-order chi connectivity index (χ1) is 10.9. The molecule has 0 aromatic carbocycles. The van der Waals surface area contributed by atoms with Gasteiger partial charge in [0.15, 0.2) is 5.96 Å². The maximum Gasteiger partial charge on any atom is 0.215 e. The third kappa shape index (κ3) is 5.00. The number of sulfonamides is 1. The lowest BCUT2D eigenvalue weighted by atomic mass is 9.87. The highest BCUT2D eigenvalue weighted by Gasteiger charge is 2.33. The van der Waals surface area contributed by atoms with Gasteiger partial charge in [0, 0.05) is 51.3 Å². The Labute approximate surface area is 145 Å². The van der Waals surface area contributed by atoms with Crippen LogP contribution in [-0.4, -0.2) is 80.6 Å². The highest BCUT2D eigenvalue weighted by Crippen LogP contribution is 2.32. The molecule has 8 heteroatoms. The number of aliphatic imine (C=N–C) groups is 1. The van der Waals surface area contributed by atoms with Crippen molar-refractivity contribution in [2.45, 2.75) is 26.7 Å². The van der Waals surface area contributed by atoms with Gasteiger partial charge < -0.3 is 10.2 Å². The van der Waals surface area contributed by atoms with E-state index in [1.54, 1.807) is 11.4 Å². The van der Waals surface area contributed by atoms with Gasteiger partial charge in [0.2, 0.25) is 10.0 Å². The molecule has 23 heavy (non-hydrogen) atoms. The maximum absolute atomic E-state index is 12.3. The number of hydrogen-bond acceptors (Lipinski definition) is 4. The zero-order valence-corrected chi connectivity index (χ0v) is 16.2. The van der Waals surface area contributed by atoms with Crippen LogP contribution in [0.15, 0.2) is 4.99 Å². The summed E-state index contributed by atoms with van der Waals surface area (Å²) in [6.45, 7) is 8.20. The van der Waals surface area contributed by atoms with E-state index in [4.69, 9.17) is 0 Å². The van der Waals surface area contributed by atoms with Gasteiger partial charge in [0.25, 0.3) is 0 Å². The number of nitrogens with one attached hydrogen (secondary N) is 1. The summed E-state index contributed by atoms with van der Waals surface area (Å²) >= 11 is 1.82. The maximum atomic E-state index is 12.3. The molecule has 0 aromatic rings. The van der Waals surface area contributed by atoms with Crippen molar-refractivity contribution in [2.24, 2.45) is 10.4 Å². The Morgan fingerprint density at radius 2 is 2.00 bits per heavy atom. The Morgan fingerprint density at radius 1 is 1.30 bits per heavy atom. The number of nitrogens with zero attached hydrogens (tertiary/aromatic N) is 3. The highest BCUT2D eigenvalue weighted by atomic mass is 32.2. The molecule has 0 saturated carbocycles. The Morgan fingerprint density at radius 3 is 2.57 bits per heavy atom. The largest absolute Gasteiger partial charge is 0.355 e. The normalized spacial score (nSPS) is 27.4. The molecule has 2 aliphatic heterocycles. The molecular formula is C15H30N4O2S2. The van der Waals surface area contributed by atoms with Crippen LogP contribution in [-0.2, 0) is 10.0 Å². The molecule has 1 unspecified atom stereocenters. The number of likely N-dealkylation sites (tertiary alicyclic amines) is 1. The number of hydrogen-bond donors (Lipinski definition) is 1. The molecule has 0 amide bonds. The van der Waals surface area contributed by atoms with Gasteiger partial charge in [-0.05, 0) is 18.3 Å². The Bertz CT molecular complexity index is 518. The third-order valence-corrected chi connectivity index (χ3v) is 7.74. The standard InChI is InChI=1S/C15H30N4O2S2/c1-4-15(2)5-7-18(13-15)14(16-3)17-6-12-23(20,21)19-8-10-22-11-9-19/h4-13H2,1-3H3,(H,16,17). The minimum Gasteiger partial charge on any atom is -0.355 e. The van der Waals surface area contributed by atoms with Crippen molar-refractivity contribution in [3.05, 3.63) is 0 Å². The SMILES string of the molecule is CCC1(C)CCN(C(=NC)NCCS(=O)(=O)N2CCSCC2)C1. The molecule has 2 heterocycles. The second-order valence-electron chi connectivity index (χ2n) is 6.64. The summed E-state index contributed by atoms with van der Waals surface area (Å²) in [7, 11) is -1.39. The summed E-state index contributed by atoms with van der Waals surface area (Å²) in [6.07, 6.45) is 2.32. The van der Waals surface area contributed by atoms with Crippen LogP contribution in [0.4, 0.5) is 0 Å². The lowest BCUT2D eigenvalue weighted by Crippen LogP contribution is -2.45. The smallest absolute Gasteiger partial charge is 0.215 e. The summed E-state index contributed by atoms with van der Waals surface area (Å²) in [5.74, 6) is 2.76. The lowest BCUT2D eigenvalue weighted by molar-refractivity contribution is 0.322. The molecule has 0 aliphatic carbocycles. The highest BCUT2D eigenvalue weighted by molar-refractivity contribution is 7.99. The number of rotatable bonds is 5. The van der Waals surface area contributed by atoms with Crippen LogP contribution in [0, 0.1) is 5.41 Å². The van der Waals surface area contributed by atoms with Crippen molar-refractivity contribution in [1.29, 1.82) is 0 Å². The molecule has 2 aliphatic rings. The van der Waals surface area contributed by atoms with Crippen LogP contribution in [0.2, 0.25) is 0 Å². The third-order valence-electron chi connectivity index (χ3n) is 4.93. The van der Waals surface area contributed by atoms with Crippen molar-refractivity contribution >= 4 is 27.7 Å².